The van der Waals surface area contributed by atoms with Gasteiger partial charge in [0.1, 0.15) is 12.0 Å². The van der Waals surface area contributed by atoms with Crippen LogP contribution in [0, 0.1) is 0 Å². The number of hydrogen-bond donors (Lipinski definition) is 0. The number of carbonyl (C=O) groups is 1. The van der Waals surface area contributed by atoms with Crippen LogP contribution in [0.5, 0.6) is 0 Å². The number of furan rings is 1. The normalized spacial score (nSPS) is 10.5. The van der Waals surface area contributed by atoms with E-state index < -0.39 is 0 Å². The maximum Gasteiger partial charge on any atom is 0.169 e. The van der Waals surface area contributed by atoms with Crippen LogP contribution in [0.1, 0.15) is 5.76 Å². The molecule has 1 aromatic heterocycles. The highest BCUT2D eigenvalue weighted by Gasteiger charge is 1.91. The predicted molar refractivity (Wildman–Crippen MR) is 41.5 cm³/mol. The van der Waals surface area contributed by atoms with Crippen molar-refractivity contribution in [3.63, 3.8) is 0 Å². The van der Waals surface area contributed by atoms with Crippen molar-refractivity contribution < 1.29 is 9.21 Å². The molecule has 52 valence electrons. The van der Waals surface area contributed by atoms with Gasteiger partial charge in [0.15, 0.2) is 4.67 Å². The molecule has 10 heavy (non-hydrogen) atoms. The van der Waals surface area contributed by atoms with Crippen LogP contribution in [0.15, 0.2) is 27.3 Å². The third kappa shape index (κ3) is 1.84. The van der Waals surface area contributed by atoms with Gasteiger partial charge in [0, 0.05) is 0 Å². The lowest BCUT2D eigenvalue weighted by molar-refractivity contribution is -0.104. The molecule has 0 spiro atoms. The predicted octanol–water partition coefficient (Wildman–Crippen LogP) is 2.25. The zero-order valence-electron chi connectivity index (χ0n) is 5.08. The molecule has 0 N–H and O–H groups in total. The maximum atomic E-state index is 9.84. The fourth-order valence-corrected chi connectivity index (χ4v) is 0.871. The van der Waals surface area contributed by atoms with Gasteiger partial charge in [-0.3, -0.25) is 4.79 Å². The molecule has 0 bridgehead atoms. The van der Waals surface area contributed by atoms with Crippen molar-refractivity contribution in [3.8, 4) is 0 Å². The first-order valence-corrected chi connectivity index (χ1v) is 3.49. The number of rotatable bonds is 2. The van der Waals surface area contributed by atoms with Crippen molar-refractivity contribution in [1.82, 2.24) is 0 Å². The van der Waals surface area contributed by atoms with Crippen LogP contribution in [0.25, 0.3) is 6.08 Å². The van der Waals surface area contributed by atoms with E-state index in [1.807, 2.05) is 0 Å². The van der Waals surface area contributed by atoms with Crippen molar-refractivity contribution in [1.29, 1.82) is 0 Å². The second kappa shape index (κ2) is 3.37. The molecule has 0 unspecified atom stereocenters. The summed E-state index contributed by atoms with van der Waals surface area (Å²) in [5.74, 6) is 0.666. The van der Waals surface area contributed by atoms with Gasteiger partial charge < -0.3 is 4.42 Å². The van der Waals surface area contributed by atoms with E-state index in [-0.39, 0.29) is 0 Å². The molecule has 0 amide bonds. The van der Waals surface area contributed by atoms with Gasteiger partial charge in [-0.25, -0.2) is 0 Å². The second-order valence-corrected chi connectivity index (χ2v) is 2.42. The lowest BCUT2D eigenvalue weighted by Gasteiger charge is -1.79. The van der Waals surface area contributed by atoms with Crippen molar-refractivity contribution in [2.24, 2.45) is 0 Å². The Balaban J connectivity index is 2.75. The van der Waals surface area contributed by atoms with E-state index in [2.05, 4.69) is 15.9 Å². The summed E-state index contributed by atoms with van der Waals surface area (Å²) in [7, 11) is 0. The van der Waals surface area contributed by atoms with Crippen LogP contribution >= 0.6 is 15.9 Å². The largest absolute Gasteiger partial charge is 0.450 e. The molecule has 1 rings (SSSR count). The second-order valence-electron chi connectivity index (χ2n) is 1.64. The van der Waals surface area contributed by atoms with Crippen LogP contribution in [-0.4, -0.2) is 6.29 Å². The molecule has 1 aromatic rings. The molecule has 3 heteroatoms. The molecule has 2 nitrogen and oxygen atoms in total. The third-order valence-electron chi connectivity index (χ3n) is 0.933. The van der Waals surface area contributed by atoms with Crippen LogP contribution in [0.2, 0.25) is 0 Å². The Hall–Kier alpha value is -0.830. The molecule has 0 aromatic carbocycles. The molecule has 0 radical (unpaired) electrons. The first kappa shape index (κ1) is 7.28. The number of halogens is 1. The number of allylic oxidation sites excluding steroid dienone is 1. The smallest absolute Gasteiger partial charge is 0.169 e. The van der Waals surface area contributed by atoms with Gasteiger partial charge in [-0.15, -0.1) is 0 Å². The Morgan fingerprint density at radius 1 is 1.50 bits per heavy atom. The fraction of sp³-hybridized carbons (Fsp3) is 0. The summed E-state index contributed by atoms with van der Waals surface area (Å²) in [6, 6.07) is 3.54. The quantitative estimate of drug-likeness (QED) is 0.542. The summed E-state index contributed by atoms with van der Waals surface area (Å²) in [6.07, 6.45) is 3.68. The van der Waals surface area contributed by atoms with E-state index >= 15 is 0 Å². The highest BCUT2D eigenvalue weighted by Crippen LogP contribution is 2.14. The Morgan fingerprint density at radius 2 is 2.30 bits per heavy atom. The molecule has 0 atom stereocenters. The first-order chi connectivity index (χ1) is 4.83. The summed E-state index contributed by atoms with van der Waals surface area (Å²) >= 11 is 3.14. The fourth-order valence-electron chi connectivity index (χ4n) is 0.552. The lowest BCUT2D eigenvalue weighted by atomic mass is 10.4. The molecule has 0 aliphatic rings. The zero-order chi connectivity index (χ0) is 7.40. The van der Waals surface area contributed by atoms with E-state index in [0.29, 0.717) is 16.7 Å². The molecule has 0 fully saturated rings. The van der Waals surface area contributed by atoms with E-state index in [1.54, 1.807) is 18.2 Å². The molecule has 0 aliphatic carbocycles. The summed E-state index contributed by atoms with van der Waals surface area (Å²) in [5.41, 5.74) is 0. The Kier molecular flexibility index (Phi) is 2.45. The molecule has 0 aliphatic heterocycles. The van der Waals surface area contributed by atoms with Crippen molar-refractivity contribution in [2.45, 2.75) is 0 Å². The summed E-state index contributed by atoms with van der Waals surface area (Å²) in [4.78, 5) is 9.84. The molecular weight excluding hydrogens is 196 g/mol. The van der Waals surface area contributed by atoms with E-state index in [4.69, 9.17) is 4.42 Å². The Labute approximate surface area is 66.7 Å². The van der Waals surface area contributed by atoms with Crippen molar-refractivity contribution in [3.05, 3.63) is 28.6 Å². The highest BCUT2D eigenvalue weighted by atomic mass is 79.9. The number of carbonyl (C=O) groups excluding carboxylic acids is 1. The van der Waals surface area contributed by atoms with Gasteiger partial charge in [-0.2, -0.15) is 0 Å². The minimum Gasteiger partial charge on any atom is -0.450 e. The minimum absolute atomic E-state index is 0.665. The van der Waals surface area contributed by atoms with Gasteiger partial charge in [-0.05, 0) is 40.2 Å². The standard InChI is InChI=1S/C7H5BrO2/c8-7-4-3-6(10-7)2-1-5-9/h1-5H. The molecule has 1 heterocycles. The van der Waals surface area contributed by atoms with Gasteiger partial charge in [-0.1, -0.05) is 0 Å². The topological polar surface area (TPSA) is 30.2 Å². The Bertz CT molecular complexity index is 250. The monoisotopic (exact) mass is 200 g/mol. The zero-order valence-corrected chi connectivity index (χ0v) is 6.67. The van der Waals surface area contributed by atoms with Gasteiger partial charge in [0.25, 0.3) is 0 Å². The van der Waals surface area contributed by atoms with Gasteiger partial charge in [0.05, 0.1) is 0 Å². The van der Waals surface area contributed by atoms with Crippen LogP contribution < -0.4 is 0 Å². The molecular formula is C7H5BrO2. The SMILES string of the molecule is O=CC=Cc1ccc(Br)o1. The summed E-state index contributed by atoms with van der Waals surface area (Å²) in [6.45, 7) is 0. The average molecular weight is 201 g/mol. The lowest BCUT2D eigenvalue weighted by Crippen LogP contribution is -1.60. The minimum atomic E-state index is 0.665. The molecule has 0 saturated carbocycles. The van der Waals surface area contributed by atoms with E-state index in [9.17, 15) is 4.79 Å². The number of aldehydes is 1. The maximum absolute atomic E-state index is 9.84. The number of hydrogen-bond acceptors (Lipinski definition) is 2. The molecule has 0 saturated heterocycles. The van der Waals surface area contributed by atoms with Crippen LogP contribution in [-0.2, 0) is 4.79 Å². The first-order valence-electron chi connectivity index (χ1n) is 2.70. The highest BCUT2D eigenvalue weighted by molar-refractivity contribution is 9.10. The van der Waals surface area contributed by atoms with Crippen LogP contribution in [0.3, 0.4) is 0 Å². The summed E-state index contributed by atoms with van der Waals surface area (Å²) in [5, 5.41) is 0. The van der Waals surface area contributed by atoms with E-state index in [1.165, 1.54) is 6.08 Å². The van der Waals surface area contributed by atoms with Gasteiger partial charge >= 0.3 is 0 Å². The van der Waals surface area contributed by atoms with E-state index in [0.717, 1.165) is 0 Å². The summed E-state index contributed by atoms with van der Waals surface area (Å²) < 4.78 is 5.72. The Morgan fingerprint density at radius 3 is 2.80 bits per heavy atom. The average Bonchev–Trinajstić information content (AvgIpc) is 2.31. The van der Waals surface area contributed by atoms with Gasteiger partial charge in [0.2, 0.25) is 0 Å². The third-order valence-corrected chi connectivity index (χ3v) is 1.36. The van der Waals surface area contributed by atoms with Crippen LogP contribution in [0.4, 0.5) is 0 Å². The van der Waals surface area contributed by atoms with Crippen molar-refractivity contribution >= 4 is 28.3 Å². The van der Waals surface area contributed by atoms with Crippen molar-refractivity contribution in [2.75, 3.05) is 0 Å².